The van der Waals surface area contributed by atoms with Crippen molar-refractivity contribution in [2.24, 2.45) is 5.10 Å². The largest absolute Gasteiger partial charge is 0.497 e. The Morgan fingerprint density at radius 3 is 1.94 bits per heavy atom. The summed E-state index contributed by atoms with van der Waals surface area (Å²) in [7, 11) is 1.63. The smallest absolute Gasteiger partial charge is 0.240 e. The highest BCUT2D eigenvalue weighted by atomic mass is 79.9. The Bertz CT molecular complexity index is 619. The lowest BCUT2D eigenvalue weighted by Crippen LogP contribution is -2.16. The Kier molecular flexibility index (Phi) is 17.3. The summed E-state index contributed by atoms with van der Waals surface area (Å²) in [6.07, 6.45) is 22.1. The molecule has 1 amide bonds. The standard InChI is InChI=1S/C26H43BrN2O2/c1-3-4-5-6-7-8-9-10-11-12-13-14-15-16-17-18-26(30)29-28-22-23-21-24(31-2)19-20-25(23)27/h19-22H,3-18H2,1-2H3,(H,29,30)/b28-22+. The number of benzene rings is 1. The Morgan fingerprint density at radius 2 is 1.42 bits per heavy atom. The Morgan fingerprint density at radius 1 is 0.903 bits per heavy atom. The monoisotopic (exact) mass is 494 g/mol. The molecule has 176 valence electrons. The molecule has 0 unspecified atom stereocenters. The molecule has 0 radical (unpaired) electrons. The third kappa shape index (κ3) is 15.1. The normalized spacial score (nSPS) is 11.2. The maximum atomic E-state index is 11.9. The molecule has 0 aliphatic carbocycles. The number of hydrogen-bond donors (Lipinski definition) is 1. The van der Waals surface area contributed by atoms with Crippen LogP contribution in [0, 0.1) is 0 Å². The molecule has 4 nitrogen and oxygen atoms in total. The number of halogens is 1. The molecule has 1 aromatic carbocycles. The maximum Gasteiger partial charge on any atom is 0.240 e. The molecule has 31 heavy (non-hydrogen) atoms. The van der Waals surface area contributed by atoms with Crippen molar-refractivity contribution in [2.75, 3.05) is 7.11 Å². The molecule has 0 fully saturated rings. The third-order valence-electron chi connectivity index (χ3n) is 5.60. The first kappa shape index (κ1) is 27.7. The van der Waals surface area contributed by atoms with Gasteiger partial charge in [0.25, 0.3) is 0 Å². The van der Waals surface area contributed by atoms with Crippen molar-refractivity contribution in [3.8, 4) is 5.75 Å². The van der Waals surface area contributed by atoms with E-state index in [1.807, 2.05) is 18.2 Å². The van der Waals surface area contributed by atoms with Crippen molar-refractivity contribution in [1.29, 1.82) is 0 Å². The highest BCUT2D eigenvalue weighted by molar-refractivity contribution is 9.10. The fraction of sp³-hybridized carbons (Fsp3) is 0.692. The molecule has 1 aromatic rings. The van der Waals surface area contributed by atoms with Crippen molar-refractivity contribution < 1.29 is 9.53 Å². The van der Waals surface area contributed by atoms with Crippen molar-refractivity contribution in [3.63, 3.8) is 0 Å². The van der Waals surface area contributed by atoms with E-state index in [1.54, 1.807) is 13.3 Å². The van der Waals surface area contributed by atoms with E-state index in [9.17, 15) is 4.79 Å². The fourth-order valence-electron chi connectivity index (χ4n) is 3.63. The lowest BCUT2D eigenvalue weighted by atomic mass is 10.0. The predicted molar refractivity (Wildman–Crippen MR) is 136 cm³/mol. The molecule has 0 aromatic heterocycles. The number of nitrogens with zero attached hydrogens (tertiary/aromatic N) is 1. The van der Waals surface area contributed by atoms with Crippen molar-refractivity contribution in [1.82, 2.24) is 5.43 Å². The van der Waals surface area contributed by atoms with E-state index in [0.29, 0.717) is 6.42 Å². The zero-order valence-electron chi connectivity index (χ0n) is 19.8. The molecular formula is C26H43BrN2O2. The summed E-state index contributed by atoms with van der Waals surface area (Å²) in [5.41, 5.74) is 3.48. The summed E-state index contributed by atoms with van der Waals surface area (Å²) in [6.45, 7) is 2.28. The molecule has 0 spiro atoms. The van der Waals surface area contributed by atoms with Crippen LogP contribution in [0.2, 0.25) is 0 Å². The van der Waals surface area contributed by atoms with E-state index in [0.717, 1.165) is 28.6 Å². The van der Waals surface area contributed by atoms with Crippen LogP contribution in [0.15, 0.2) is 27.8 Å². The lowest BCUT2D eigenvalue weighted by Gasteiger charge is -2.04. The summed E-state index contributed by atoms with van der Waals surface area (Å²) >= 11 is 3.47. The number of methoxy groups -OCH3 is 1. The summed E-state index contributed by atoms with van der Waals surface area (Å²) in [6, 6.07) is 5.64. The molecule has 0 saturated carbocycles. The van der Waals surface area contributed by atoms with Crippen LogP contribution in [0.4, 0.5) is 0 Å². The number of carbonyl (C=O) groups is 1. The van der Waals surface area contributed by atoms with E-state index in [2.05, 4.69) is 33.4 Å². The Labute approximate surface area is 198 Å². The van der Waals surface area contributed by atoms with E-state index in [-0.39, 0.29) is 5.91 Å². The van der Waals surface area contributed by atoms with Crippen LogP contribution in [-0.2, 0) is 4.79 Å². The van der Waals surface area contributed by atoms with Crippen LogP contribution >= 0.6 is 15.9 Å². The number of rotatable bonds is 19. The van der Waals surface area contributed by atoms with E-state index >= 15 is 0 Å². The van der Waals surface area contributed by atoms with Crippen molar-refractivity contribution >= 4 is 28.1 Å². The quantitative estimate of drug-likeness (QED) is 0.120. The third-order valence-corrected chi connectivity index (χ3v) is 6.33. The second kappa shape index (κ2) is 19.3. The number of unbranched alkanes of at least 4 members (excludes halogenated alkanes) is 14. The SMILES string of the molecule is CCCCCCCCCCCCCCCCCC(=O)N/N=C/c1cc(OC)ccc1Br. The first-order valence-corrected chi connectivity index (χ1v) is 13.1. The van der Waals surface area contributed by atoms with Crippen molar-refractivity contribution in [2.45, 2.75) is 110 Å². The van der Waals surface area contributed by atoms with Crippen molar-refractivity contribution in [3.05, 3.63) is 28.2 Å². The van der Waals surface area contributed by atoms with Gasteiger partial charge < -0.3 is 4.74 Å². The molecular weight excluding hydrogens is 452 g/mol. The number of carbonyl (C=O) groups excluding carboxylic acids is 1. The van der Waals surface area contributed by atoms with Crippen LogP contribution in [0.5, 0.6) is 5.75 Å². The molecule has 0 bridgehead atoms. The highest BCUT2D eigenvalue weighted by Crippen LogP contribution is 2.20. The van der Waals surface area contributed by atoms with Gasteiger partial charge >= 0.3 is 0 Å². The number of ether oxygens (including phenoxy) is 1. The van der Waals surface area contributed by atoms with Crippen LogP contribution in [0.3, 0.4) is 0 Å². The Balaban J connectivity index is 1.93. The van der Waals surface area contributed by atoms with Gasteiger partial charge in [-0.15, -0.1) is 0 Å². The van der Waals surface area contributed by atoms with Gasteiger partial charge in [-0.25, -0.2) is 5.43 Å². The number of nitrogens with one attached hydrogen (secondary N) is 1. The van der Waals surface area contributed by atoms with E-state index < -0.39 is 0 Å². The minimum atomic E-state index is -0.0232. The van der Waals surface area contributed by atoms with Gasteiger partial charge in [0.15, 0.2) is 0 Å². The van der Waals surface area contributed by atoms with E-state index in [4.69, 9.17) is 4.74 Å². The van der Waals surface area contributed by atoms with Crippen LogP contribution in [0.1, 0.15) is 115 Å². The first-order chi connectivity index (χ1) is 15.2. The molecule has 5 heteroatoms. The van der Waals surface area contributed by atoms with Crippen LogP contribution < -0.4 is 10.2 Å². The van der Waals surface area contributed by atoms with Gasteiger partial charge in [0.1, 0.15) is 5.75 Å². The Hall–Kier alpha value is -1.36. The highest BCUT2D eigenvalue weighted by Gasteiger charge is 2.02. The minimum Gasteiger partial charge on any atom is -0.497 e. The predicted octanol–water partition coefficient (Wildman–Crippen LogP) is 8.17. The van der Waals surface area contributed by atoms with Gasteiger partial charge in [-0.3, -0.25) is 4.79 Å². The van der Waals surface area contributed by atoms with E-state index in [1.165, 1.54) is 83.5 Å². The average Bonchev–Trinajstić information content (AvgIpc) is 2.77. The second-order valence-corrected chi connectivity index (χ2v) is 9.23. The van der Waals surface area contributed by atoms with Gasteiger partial charge in [0.05, 0.1) is 13.3 Å². The average molecular weight is 496 g/mol. The van der Waals surface area contributed by atoms with Gasteiger partial charge in [0.2, 0.25) is 5.91 Å². The summed E-state index contributed by atoms with van der Waals surface area (Å²) < 4.78 is 6.12. The second-order valence-electron chi connectivity index (χ2n) is 8.38. The summed E-state index contributed by atoms with van der Waals surface area (Å²) in [5.74, 6) is 0.735. The number of amides is 1. The summed E-state index contributed by atoms with van der Waals surface area (Å²) in [5, 5.41) is 4.06. The molecule has 0 heterocycles. The number of hydrazone groups is 1. The van der Waals surface area contributed by atoms with Gasteiger partial charge in [-0.2, -0.15) is 5.10 Å². The molecule has 0 aliphatic rings. The van der Waals surface area contributed by atoms with Gasteiger partial charge in [-0.05, 0) is 24.6 Å². The van der Waals surface area contributed by atoms with Gasteiger partial charge in [-0.1, -0.05) is 113 Å². The minimum absolute atomic E-state index is 0.0232. The maximum absolute atomic E-state index is 11.9. The zero-order chi connectivity index (χ0) is 22.6. The topological polar surface area (TPSA) is 50.7 Å². The molecule has 0 saturated heterocycles. The number of hydrogen-bond acceptors (Lipinski definition) is 3. The molecule has 1 rings (SSSR count). The lowest BCUT2D eigenvalue weighted by molar-refractivity contribution is -0.121. The first-order valence-electron chi connectivity index (χ1n) is 12.3. The zero-order valence-corrected chi connectivity index (χ0v) is 21.4. The summed E-state index contributed by atoms with van der Waals surface area (Å²) in [4.78, 5) is 11.9. The molecule has 1 N–H and O–H groups in total. The molecule has 0 atom stereocenters. The molecule has 0 aliphatic heterocycles. The van der Waals surface area contributed by atoms with Crippen LogP contribution in [0.25, 0.3) is 0 Å². The van der Waals surface area contributed by atoms with Crippen LogP contribution in [-0.4, -0.2) is 19.2 Å². The van der Waals surface area contributed by atoms with Gasteiger partial charge in [0, 0.05) is 16.5 Å². The fourth-order valence-corrected chi connectivity index (χ4v) is 3.98.